The second kappa shape index (κ2) is 9.60. The molecule has 31 heavy (non-hydrogen) atoms. The van der Waals surface area contributed by atoms with Crippen LogP contribution in [0.4, 0.5) is 10.5 Å². The number of aromatic nitrogens is 2. The van der Waals surface area contributed by atoms with E-state index in [-0.39, 0.29) is 18.9 Å². The summed E-state index contributed by atoms with van der Waals surface area (Å²) in [5, 5.41) is 7.35. The molecule has 0 saturated heterocycles. The minimum absolute atomic E-state index is 0.102. The molecule has 2 aliphatic rings. The summed E-state index contributed by atoms with van der Waals surface area (Å²) in [6.07, 6.45) is 6.87. The quantitative estimate of drug-likeness (QED) is 0.718. The van der Waals surface area contributed by atoms with Crippen LogP contribution in [0, 0.1) is 11.8 Å². The number of hydrogen-bond acceptors (Lipinski definition) is 5. The molecule has 1 aliphatic heterocycles. The lowest BCUT2D eigenvalue weighted by Gasteiger charge is -2.41. The van der Waals surface area contributed by atoms with Gasteiger partial charge in [0.05, 0.1) is 25.0 Å². The second-order valence-electron chi connectivity index (χ2n) is 8.57. The maximum atomic E-state index is 13.4. The van der Waals surface area contributed by atoms with Crippen LogP contribution in [0.5, 0.6) is 11.5 Å². The Balaban J connectivity index is 1.52. The lowest BCUT2D eigenvalue weighted by atomic mass is 9.77. The van der Waals surface area contributed by atoms with E-state index in [0.717, 1.165) is 29.9 Å². The number of nitrogens with one attached hydrogen (secondary N) is 1. The molecule has 0 bridgehead atoms. The van der Waals surface area contributed by atoms with Crippen LogP contribution >= 0.6 is 0 Å². The van der Waals surface area contributed by atoms with Crippen LogP contribution in [-0.4, -0.2) is 47.3 Å². The van der Waals surface area contributed by atoms with Gasteiger partial charge in [0.25, 0.3) is 0 Å². The molecule has 8 heteroatoms. The number of hydrogen-bond donors (Lipinski definition) is 1. The fourth-order valence-corrected chi connectivity index (χ4v) is 4.50. The summed E-state index contributed by atoms with van der Waals surface area (Å²) in [6, 6.07) is 5.98. The molecule has 2 heterocycles. The average Bonchev–Trinajstić information content (AvgIpc) is 3.41. The Kier molecular flexibility index (Phi) is 6.65. The predicted molar refractivity (Wildman–Crippen MR) is 117 cm³/mol. The van der Waals surface area contributed by atoms with E-state index in [9.17, 15) is 4.79 Å². The number of carbonyl (C=O) groups excluding carboxylic acids is 1. The van der Waals surface area contributed by atoms with E-state index in [2.05, 4.69) is 24.3 Å². The molecule has 0 radical (unpaired) electrons. The molecule has 1 aromatic carbocycles. The van der Waals surface area contributed by atoms with Gasteiger partial charge in [0, 0.05) is 25.9 Å². The monoisotopic (exact) mass is 428 g/mol. The molecule has 3 atom stereocenters. The molecule has 168 valence electrons. The van der Waals surface area contributed by atoms with E-state index in [1.807, 2.05) is 29.3 Å². The van der Waals surface area contributed by atoms with Gasteiger partial charge in [0.2, 0.25) is 6.79 Å². The van der Waals surface area contributed by atoms with Crippen LogP contribution in [0.25, 0.3) is 0 Å². The highest BCUT2D eigenvalue weighted by molar-refractivity contribution is 5.89. The number of methoxy groups -OCH3 is 1. The van der Waals surface area contributed by atoms with Gasteiger partial charge in [-0.2, -0.15) is 5.10 Å². The second-order valence-corrected chi connectivity index (χ2v) is 8.57. The van der Waals surface area contributed by atoms with Gasteiger partial charge >= 0.3 is 6.03 Å². The molecule has 1 N–H and O–H groups in total. The highest BCUT2D eigenvalue weighted by atomic mass is 16.7. The number of rotatable bonds is 7. The van der Waals surface area contributed by atoms with E-state index < -0.39 is 0 Å². The Bertz CT molecular complexity index is 899. The number of anilines is 1. The maximum absolute atomic E-state index is 13.4. The van der Waals surface area contributed by atoms with E-state index in [1.54, 1.807) is 18.0 Å². The van der Waals surface area contributed by atoms with Crippen molar-refractivity contribution in [3.05, 3.63) is 36.2 Å². The van der Waals surface area contributed by atoms with Crippen LogP contribution in [0.2, 0.25) is 0 Å². The van der Waals surface area contributed by atoms with Crippen molar-refractivity contribution < 1.29 is 19.0 Å². The van der Waals surface area contributed by atoms with Gasteiger partial charge in [-0.25, -0.2) is 4.79 Å². The minimum atomic E-state index is -0.102. The minimum Gasteiger partial charge on any atom is -0.454 e. The Labute approximate surface area is 183 Å². The Morgan fingerprint density at radius 1 is 1.29 bits per heavy atom. The van der Waals surface area contributed by atoms with Gasteiger partial charge in [-0.05, 0) is 36.0 Å². The predicted octanol–water partition coefficient (Wildman–Crippen LogP) is 4.12. The first-order chi connectivity index (χ1) is 15.0. The molecular weight excluding hydrogens is 396 g/mol. The topological polar surface area (TPSA) is 77.9 Å². The molecule has 1 aliphatic carbocycles. The van der Waals surface area contributed by atoms with Crippen molar-refractivity contribution >= 4 is 11.7 Å². The summed E-state index contributed by atoms with van der Waals surface area (Å²) >= 11 is 0. The van der Waals surface area contributed by atoms with E-state index in [4.69, 9.17) is 14.2 Å². The van der Waals surface area contributed by atoms with Gasteiger partial charge < -0.3 is 24.4 Å². The molecule has 4 rings (SSSR count). The normalized spacial score (nSPS) is 22.4. The zero-order valence-corrected chi connectivity index (χ0v) is 18.5. The summed E-state index contributed by atoms with van der Waals surface area (Å²) in [4.78, 5) is 15.4. The third kappa shape index (κ3) is 4.95. The molecule has 0 spiro atoms. The van der Waals surface area contributed by atoms with Crippen molar-refractivity contribution in [2.75, 3.05) is 25.8 Å². The highest BCUT2D eigenvalue weighted by Gasteiger charge is 2.34. The molecule has 1 fully saturated rings. The number of nitrogens with zero attached hydrogens (tertiary/aromatic N) is 3. The Hall–Kier alpha value is -2.74. The van der Waals surface area contributed by atoms with E-state index in [1.165, 1.54) is 6.42 Å². The lowest BCUT2D eigenvalue weighted by molar-refractivity contribution is 0.102. The number of ether oxygens (including phenoxy) is 3. The molecule has 2 aromatic rings. The van der Waals surface area contributed by atoms with Crippen LogP contribution in [-0.2, 0) is 17.8 Å². The first kappa shape index (κ1) is 21.5. The van der Waals surface area contributed by atoms with Gasteiger partial charge in [0.15, 0.2) is 11.5 Å². The van der Waals surface area contributed by atoms with Gasteiger partial charge in [-0.15, -0.1) is 0 Å². The van der Waals surface area contributed by atoms with Crippen LogP contribution in [0.3, 0.4) is 0 Å². The van der Waals surface area contributed by atoms with Crippen molar-refractivity contribution in [3.8, 4) is 11.5 Å². The molecule has 1 aromatic heterocycles. The number of carbonyl (C=O) groups is 1. The van der Waals surface area contributed by atoms with Gasteiger partial charge in [-0.3, -0.25) is 4.68 Å². The van der Waals surface area contributed by atoms with Gasteiger partial charge in [-0.1, -0.05) is 32.8 Å². The molecule has 2 amide bonds. The Morgan fingerprint density at radius 3 is 2.97 bits per heavy atom. The van der Waals surface area contributed by atoms with Crippen LogP contribution in [0.1, 0.15) is 38.7 Å². The van der Waals surface area contributed by atoms with E-state index >= 15 is 0 Å². The first-order valence-electron chi connectivity index (χ1n) is 11.0. The number of urea groups is 1. The highest BCUT2D eigenvalue weighted by Crippen LogP contribution is 2.36. The van der Waals surface area contributed by atoms with Crippen molar-refractivity contribution in [2.24, 2.45) is 11.8 Å². The summed E-state index contributed by atoms with van der Waals surface area (Å²) in [7, 11) is 1.66. The van der Waals surface area contributed by atoms with Crippen molar-refractivity contribution in [2.45, 2.75) is 52.2 Å². The molecule has 0 unspecified atom stereocenters. The SMILES string of the molecule is COCCn1cc(NC(=O)N(Cc2ccc3c(c2)OCO3)[C@@H]2CCC[C@@H](C)[C@H]2C)cn1. The zero-order valence-electron chi connectivity index (χ0n) is 18.5. The standard InChI is InChI=1S/C23H32N4O4/c1-16-5-4-6-20(17(16)2)27(13-18-7-8-21-22(11-18)31-15-30-21)23(28)25-19-12-24-26(14-19)9-10-29-3/h7-8,11-12,14,16-17,20H,4-6,9-10,13,15H2,1-3H3,(H,25,28)/t16-,17-,20-/m1/s1. The van der Waals surface area contributed by atoms with E-state index in [0.29, 0.717) is 37.2 Å². The lowest BCUT2D eigenvalue weighted by Crippen LogP contribution is -2.48. The smallest absolute Gasteiger partial charge is 0.322 e. The third-order valence-corrected chi connectivity index (χ3v) is 6.52. The fourth-order valence-electron chi connectivity index (χ4n) is 4.50. The number of benzene rings is 1. The molecular formula is C23H32N4O4. The number of amides is 2. The summed E-state index contributed by atoms with van der Waals surface area (Å²) < 4.78 is 17.8. The maximum Gasteiger partial charge on any atom is 0.322 e. The Morgan fingerprint density at radius 2 is 2.13 bits per heavy atom. The fraction of sp³-hybridized carbons (Fsp3) is 0.565. The third-order valence-electron chi connectivity index (χ3n) is 6.52. The van der Waals surface area contributed by atoms with Crippen LogP contribution in [0.15, 0.2) is 30.6 Å². The van der Waals surface area contributed by atoms with Crippen molar-refractivity contribution in [1.29, 1.82) is 0 Å². The van der Waals surface area contributed by atoms with Gasteiger partial charge in [0.1, 0.15) is 0 Å². The van der Waals surface area contributed by atoms with Crippen molar-refractivity contribution in [3.63, 3.8) is 0 Å². The number of fused-ring (bicyclic) bond motifs is 1. The summed E-state index contributed by atoms with van der Waals surface area (Å²) in [5.74, 6) is 2.51. The molecule has 8 nitrogen and oxygen atoms in total. The average molecular weight is 429 g/mol. The zero-order chi connectivity index (χ0) is 21.8. The molecule has 1 saturated carbocycles. The first-order valence-corrected chi connectivity index (χ1v) is 11.0. The van der Waals surface area contributed by atoms with Crippen LogP contribution < -0.4 is 14.8 Å². The summed E-state index contributed by atoms with van der Waals surface area (Å²) in [6.45, 7) is 6.52. The largest absolute Gasteiger partial charge is 0.454 e. The summed E-state index contributed by atoms with van der Waals surface area (Å²) in [5.41, 5.74) is 1.72. The van der Waals surface area contributed by atoms with Crippen molar-refractivity contribution in [1.82, 2.24) is 14.7 Å².